The van der Waals surface area contributed by atoms with Crippen molar-refractivity contribution in [2.24, 2.45) is 0 Å². The van der Waals surface area contributed by atoms with Gasteiger partial charge in [0, 0.05) is 17.5 Å². The molecular weight excluding hydrogens is 346 g/mol. The predicted octanol–water partition coefficient (Wildman–Crippen LogP) is 4.13. The van der Waals surface area contributed by atoms with Crippen LogP contribution in [0.15, 0.2) is 48.7 Å². The molecule has 0 aliphatic rings. The van der Waals surface area contributed by atoms with Crippen molar-refractivity contribution in [1.29, 1.82) is 0 Å². The fraction of sp³-hybridized carbons (Fsp3) is 0.167. The highest BCUT2D eigenvalue weighted by atomic mass is 35.5. The Kier molecular flexibility index (Phi) is 6.54. The molecule has 0 fully saturated rings. The number of ether oxygens (including phenoxy) is 2. The number of rotatable bonds is 7. The second kappa shape index (κ2) is 8.84. The van der Waals surface area contributed by atoms with E-state index < -0.39 is 10.9 Å². The molecule has 0 N–H and O–H groups in total. The first-order chi connectivity index (χ1) is 12.0. The summed E-state index contributed by atoms with van der Waals surface area (Å²) in [5.74, 6) is 0.189. The van der Waals surface area contributed by atoms with Gasteiger partial charge in [0.25, 0.3) is 0 Å². The normalized spacial score (nSPS) is 10.6. The number of esters is 1. The van der Waals surface area contributed by atoms with E-state index in [4.69, 9.17) is 21.1 Å². The number of hydrogen-bond acceptors (Lipinski definition) is 5. The van der Waals surface area contributed by atoms with Gasteiger partial charge >= 0.3 is 5.97 Å². The van der Waals surface area contributed by atoms with Crippen LogP contribution in [0.4, 0.5) is 0 Å². The molecule has 0 atom stereocenters. The van der Waals surface area contributed by atoms with Gasteiger partial charge in [-0.25, -0.2) is 0 Å². The molecule has 0 spiro atoms. The van der Waals surface area contributed by atoms with E-state index in [0.29, 0.717) is 22.8 Å². The van der Waals surface area contributed by atoms with E-state index in [9.17, 15) is 14.9 Å². The maximum atomic E-state index is 12.0. The number of methoxy groups -OCH3 is 1. The standard InChI is InChI=1S/C18H16ClNO5/c1-24-17-12-14(10-11-20(22)23)4-8-16(17)25-18(21)9-5-13-2-6-15(19)7-3-13/h2-4,6-8,10-12H,5,9H2,1H3/b11-10+. The maximum Gasteiger partial charge on any atom is 0.311 e. The fourth-order valence-electron chi connectivity index (χ4n) is 2.09. The van der Waals surface area contributed by atoms with Gasteiger partial charge < -0.3 is 9.47 Å². The number of carbonyl (C=O) groups excluding carboxylic acids is 1. The first-order valence-electron chi connectivity index (χ1n) is 7.43. The largest absolute Gasteiger partial charge is 0.493 e. The van der Waals surface area contributed by atoms with Crippen LogP contribution in [0.25, 0.3) is 6.08 Å². The molecule has 130 valence electrons. The summed E-state index contributed by atoms with van der Waals surface area (Å²) in [5.41, 5.74) is 1.54. The molecule has 2 rings (SSSR count). The topological polar surface area (TPSA) is 78.7 Å². The molecule has 2 aromatic rings. The number of nitrogens with zero attached hydrogens (tertiary/aromatic N) is 1. The molecule has 0 amide bonds. The van der Waals surface area contributed by atoms with Gasteiger partial charge in [0.05, 0.1) is 12.0 Å². The zero-order valence-electron chi connectivity index (χ0n) is 13.5. The predicted molar refractivity (Wildman–Crippen MR) is 94.4 cm³/mol. The minimum Gasteiger partial charge on any atom is -0.493 e. The first-order valence-corrected chi connectivity index (χ1v) is 7.80. The third-order valence-corrected chi connectivity index (χ3v) is 3.58. The zero-order valence-corrected chi connectivity index (χ0v) is 14.2. The molecule has 2 aromatic carbocycles. The van der Waals surface area contributed by atoms with E-state index in [-0.39, 0.29) is 12.2 Å². The number of halogens is 1. The average Bonchev–Trinajstić information content (AvgIpc) is 2.60. The average molecular weight is 362 g/mol. The van der Waals surface area contributed by atoms with Crippen molar-refractivity contribution in [3.8, 4) is 11.5 Å². The molecule has 0 saturated carbocycles. The monoisotopic (exact) mass is 361 g/mol. The third-order valence-electron chi connectivity index (χ3n) is 3.33. The maximum absolute atomic E-state index is 12.0. The number of nitro groups is 1. The Labute approximate surface area is 149 Å². The van der Waals surface area contributed by atoms with Gasteiger partial charge in [0.2, 0.25) is 6.20 Å². The summed E-state index contributed by atoms with van der Waals surface area (Å²) in [6.07, 6.45) is 2.89. The summed E-state index contributed by atoms with van der Waals surface area (Å²) < 4.78 is 10.5. The van der Waals surface area contributed by atoms with Gasteiger partial charge in [-0.2, -0.15) is 0 Å². The first kappa shape index (κ1) is 18.5. The van der Waals surface area contributed by atoms with Crippen LogP contribution >= 0.6 is 11.6 Å². The number of hydrogen-bond donors (Lipinski definition) is 0. The highest BCUT2D eigenvalue weighted by Crippen LogP contribution is 2.29. The van der Waals surface area contributed by atoms with Crippen LogP contribution in [0.1, 0.15) is 17.5 Å². The van der Waals surface area contributed by atoms with Gasteiger partial charge in [0.1, 0.15) is 0 Å². The summed E-state index contributed by atoms with van der Waals surface area (Å²) >= 11 is 5.82. The lowest BCUT2D eigenvalue weighted by Crippen LogP contribution is -2.09. The van der Waals surface area contributed by atoms with Crippen molar-refractivity contribution in [2.75, 3.05) is 7.11 Å². The second-order valence-electron chi connectivity index (χ2n) is 5.11. The molecule has 7 heteroatoms. The van der Waals surface area contributed by atoms with Crippen molar-refractivity contribution in [3.05, 3.63) is 74.9 Å². The summed E-state index contributed by atoms with van der Waals surface area (Å²) in [4.78, 5) is 21.8. The van der Waals surface area contributed by atoms with Crippen molar-refractivity contribution in [1.82, 2.24) is 0 Å². The van der Waals surface area contributed by atoms with Crippen molar-refractivity contribution in [2.45, 2.75) is 12.8 Å². The number of aryl methyl sites for hydroxylation is 1. The minimum atomic E-state index is -0.558. The molecule has 0 aliphatic heterocycles. The molecular formula is C18H16ClNO5. The van der Waals surface area contributed by atoms with Gasteiger partial charge in [-0.3, -0.25) is 14.9 Å². The zero-order chi connectivity index (χ0) is 18.2. The Bertz CT molecular complexity index is 787. The molecule has 0 aromatic heterocycles. The number of benzene rings is 2. The molecule has 0 heterocycles. The lowest BCUT2D eigenvalue weighted by molar-refractivity contribution is -0.400. The van der Waals surface area contributed by atoms with E-state index in [0.717, 1.165) is 11.8 Å². The summed E-state index contributed by atoms with van der Waals surface area (Å²) in [5, 5.41) is 11.0. The number of carbonyl (C=O) groups is 1. The summed E-state index contributed by atoms with van der Waals surface area (Å²) in [6.45, 7) is 0. The van der Waals surface area contributed by atoms with Crippen molar-refractivity contribution < 1.29 is 19.2 Å². The second-order valence-corrected chi connectivity index (χ2v) is 5.55. The van der Waals surface area contributed by atoms with E-state index >= 15 is 0 Å². The van der Waals surface area contributed by atoms with Crippen LogP contribution in [0.2, 0.25) is 5.02 Å². The third kappa shape index (κ3) is 5.93. The molecule has 0 unspecified atom stereocenters. The molecule has 0 radical (unpaired) electrons. The van der Waals surface area contributed by atoms with E-state index in [1.807, 2.05) is 12.1 Å². The lowest BCUT2D eigenvalue weighted by atomic mass is 10.1. The van der Waals surface area contributed by atoms with Crippen LogP contribution in [0.5, 0.6) is 11.5 Å². The summed E-state index contributed by atoms with van der Waals surface area (Å²) in [6, 6.07) is 11.9. The summed E-state index contributed by atoms with van der Waals surface area (Å²) in [7, 11) is 1.43. The van der Waals surface area contributed by atoms with Gasteiger partial charge in [-0.05, 0) is 41.8 Å². The smallest absolute Gasteiger partial charge is 0.311 e. The fourth-order valence-corrected chi connectivity index (χ4v) is 2.22. The molecule has 25 heavy (non-hydrogen) atoms. The van der Waals surface area contributed by atoms with Gasteiger partial charge in [-0.1, -0.05) is 29.8 Å². The molecule has 6 nitrogen and oxygen atoms in total. The minimum absolute atomic E-state index is 0.202. The Balaban J connectivity index is 1.99. The quantitative estimate of drug-likeness (QED) is 0.320. The van der Waals surface area contributed by atoms with Crippen LogP contribution in [-0.2, 0) is 11.2 Å². The Morgan fingerprint density at radius 3 is 2.56 bits per heavy atom. The highest BCUT2D eigenvalue weighted by molar-refractivity contribution is 6.30. The highest BCUT2D eigenvalue weighted by Gasteiger charge is 2.11. The van der Waals surface area contributed by atoms with Crippen LogP contribution in [-0.4, -0.2) is 18.0 Å². The molecule has 0 aliphatic carbocycles. The van der Waals surface area contributed by atoms with E-state index in [1.54, 1.807) is 30.3 Å². The van der Waals surface area contributed by atoms with Crippen LogP contribution < -0.4 is 9.47 Å². The van der Waals surface area contributed by atoms with Crippen LogP contribution in [0, 0.1) is 10.1 Å². The Morgan fingerprint density at radius 2 is 1.92 bits per heavy atom. The molecule has 0 saturated heterocycles. The van der Waals surface area contributed by atoms with Gasteiger partial charge in [-0.15, -0.1) is 0 Å². The Hall–Kier alpha value is -2.86. The van der Waals surface area contributed by atoms with Crippen molar-refractivity contribution in [3.63, 3.8) is 0 Å². The molecule has 0 bridgehead atoms. The van der Waals surface area contributed by atoms with Crippen LogP contribution in [0.3, 0.4) is 0 Å². The van der Waals surface area contributed by atoms with Gasteiger partial charge in [0.15, 0.2) is 11.5 Å². The lowest BCUT2D eigenvalue weighted by Gasteiger charge is -2.10. The SMILES string of the molecule is COc1cc(/C=C/[N+](=O)[O-])ccc1OC(=O)CCc1ccc(Cl)cc1. The van der Waals surface area contributed by atoms with E-state index in [2.05, 4.69) is 0 Å². The van der Waals surface area contributed by atoms with Crippen molar-refractivity contribution >= 4 is 23.6 Å². The van der Waals surface area contributed by atoms with E-state index in [1.165, 1.54) is 13.2 Å². The Morgan fingerprint density at radius 1 is 1.20 bits per heavy atom.